The lowest BCUT2D eigenvalue weighted by atomic mass is 9.99. The van der Waals surface area contributed by atoms with Gasteiger partial charge in [-0.3, -0.25) is 9.67 Å². The molecule has 1 aromatic heterocycles. The van der Waals surface area contributed by atoms with Gasteiger partial charge in [0.1, 0.15) is 0 Å². The molecule has 1 saturated heterocycles. The number of aliphatic imine (C=N–C) groups is 1. The monoisotopic (exact) mass is 501 g/mol. The molecule has 0 bridgehead atoms. The van der Waals surface area contributed by atoms with Crippen molar-refractivity contribution in [3.8, 4) is 0 Å². The summed E-state index contributed by atoms with van der Waals surface area (Å²) in [6, 6.07) is 21.2. The van der Waals surface area contributed by atoms with E-state index in [0.717, 1.165) is 37.7 Å². The third-order valence-corrected chi connectivity index (χ3v) is 5.30. The van der Waals surface area contributed by atoms with Crippen molar-refractivity contribution in [2.75, 3.05) is 20.1 Å². The number of aromatic nitrogens is 2. The molecule has 0 aliphatic carbocycles. The molecule has 5 nitrogen and oxygen atoms in total. The molecule has 1 N–H and O–H groups in total. The zero-order valence-corrected chi connectivity index (χ0v) is 19.1. The first-order chi connectivity index (χ1) is 13.8. The second-order valence-corrected chi connectivity index (χ2v) is 7.27. The Morgan fingerprint density at radius 1 is 1.07 bits per heavy atom. The molecular weight excluding hydrogens is 473 g/mol. The Kier molecular flexibility index (Phi) is 7.69. The summed E-state index contributed by atoms with van der Waals surface area (Å²) in [4.78, 5) is 6.85. The van der Waals surface area contributed by atoms with E-state index in [1.54, 1.807) is 0 Å². The van der Waals surface area contributed by atoms with Crippen molar-refractivity contribution < 1.29 is 0 Å². The zero-order valence-electron chi connectivity index (χ0n) is 16.7. The standard InChI is InChI=1S/C23H27N5.HI/c1-24-23(27-13-12-22(18-27)21-10-6-3-7-11-21)25-14-20-15-26-28(17-20)16-19-8-4-2-5-9-19;/h2-11,15,17,22H,12-14,16,18H2,1H3,(H,24,25);1H. The second kappa shape index (κ2) is 10.4. The lowest BCUT2D eigenvalue weighted by Gasteiger charge is -2.21. The molecule has 2 heterocycles. The van der Waals surface area contributed by atoms with Crippen LogP contribution in [0.5, 0.6) is 0 Å². The van der Waals surface area contributed by atoms with Crippen LogP contribution in [0.4, 0.5) is 0 Å². The summed E-state index contributed by atoms with van der Waals surface area (Å²) in [5.74, 6) is 1.54. The van der Waals surface area contributed by atoms with Crippen molar-refractivity contribution in [1.29, 1.82) is 0 Å². The number of hydrogen-bond donors (Lipinski definition) is 1. The topological polar surface area (TPSA) is 45.5 Å². The Hall–Kier alpha value is -2.35. The van der Waals surface area contributed by atoms with Crippen molar-refractivity contribution in [3.05, 3.63) is 89.7 Å². The fraction of sp³-hybridized carbons (Fsp3) is 0.304. The molecule has 6 heteroatoms. The average molecular weight is 501 g/mol. The smallest absolute Gasteiger partial charge is 0.193 e. The van der Waals surface area contributed by atoms with Gasteiger partial charge in [-0.25, -0.2) is 0 Å². The molecule has 3 aromatic rings. The highest BCUT2D eigenvalue weighted by Gasteiger charge is 2.25. The predicted octanol–water partition coefficient (Wildman–Crippen LogP) is 4.11. The summed E-state index contributed by atoms with van der Waals surface area (Å²) in [7, 11) is 1.86. The van der Waals surface area contributed by atoms with Gasteiger partial charge in [0.15, 0.2) is 5.96 Å². The average Bonchev–Trinajstić information content (AvgIpc) is 3.40. The van der Waals surface area contributed by atoms with Crippen LogP contribution in [0.15, 0.2) is 78.0 Å². The van der Waals surface area contributed by atoms with Gasteiger partial charge in [-0.2, -0.15) is 5.10 Å². The summed E-state index contributed by atoms with van der Waals surface area (Å²) >= 11 is 0. The highest BCUT2D eigenvalue weighted by atomic mass is 127. The van der Waals surface area contributed by atoms with Crippen LogP contribution in [-0.4, -0.2) is 40.8 Å². The Bertz CT molecular complexity index is 907. The number of hydrogen-bond acceptors (Lipinski definition) is 2. The molecule has 0 saturated carbocycles. The number of benzene rings is 2. The number of likely N-dealkylation sites (tertiary alicyclic amines) is 1. The number of rotatable bonds is 5. The van der Waals surface area contributed by atoms with Crippen LogP contribution >= 0.6 is 24.0 Å². The van der Waals surface area contributed by atoms with Crippen LogP contribution < -0.4 is 5.32 Å². The van der Waals surface area contributed by atoms with Gasteiger partial charge < -0.3 is 10.2 Å². The third kappa shape index (κ3) is 5.59. The van der Waals surface area contributed by atoms with E-state index in [1.165, 1.54) is 17.5 Å². The first-order valence-electron chi connectivity index (χ1n) is 9.87. The first-order valence-corrected chi connectivity index (χ1v) is 9.87. The van der Waals surface area contributed by atoms with Crippen LogP contribution in [0.2, 0.25) is 0 Å². The SMILES string of the molecule is CN=C(NCc1cnn(Cc2ccccc2)c1)N1CCC(c2ccccc2)C1.I. The Morgan fingerprint density at radius 3 is 2.52 bits per heavy atom. The molecule has 29 heavy (non-hydrogen) atoms. The van der Waals surface area contributed by atoms with Crippen LogP contribution in [0.3, 0.4) is 0 Å². The van der Waals surface area contributed by atoms with Gasteiger partial charge >= 0.3 is 0 Å². The van der Waals surface area contributed by atoms with Gasteiger partial charge in [-0.15, -0.1) is 24.0 Å². The van der Waals surface area contributed by atoms with E-state index in [2.05, 4.69) is 81.1 Å². The van der Waals surface area contributed by atoms with E-state index in [0.29, 0.717) is 5.92 Å². The minimum atomic E-state index is 0. The summed E-state index contributed by atoms with van der Waals surface area (Å²) in [6.07, 6.45) is 5.20. The minimum absolute atomic E-state index is 0. The van der Waals surface area contributed by atoms with E-state index < -0.39 is 0 Å². The molecule has 0 amide bonds. The number of nitrogens with one attached hydrogen (secondary N) is 1. The van der Waals surface area contributed by atoms with Crippen LogP contribution in [0.25, 0.3) is 0 Å². The quantitative estimate of drug-likeness (QED) is 0.325. The molecule has 152 valence electrons. The molecule has 0 radical (unpaired) electrons. The summed E-state index contributed by atoms with van der Waals surface area (Å²) < 4.78 is 1.98. The molecule has 1 unspecified atom stereocenters. The Labute approximate surface area is 189 Å². The lowest BCUT2D eigenvalue weighted by Crippen LogP contribution is -2.39. The molecule has 1 aliphatic rings. The van der Waals surface area contributed by atoms with Crippen molar-refractivity contribution in [1.82, 2.24) is 20.0 Å². The van der Waals surface area contributed by atoms with Crippen molar-refractivity contribution >= 4 is 29.9 Å². The number of halogens is 1. The van der Waals surface area contributed by atoms with Gasteiger partial charge in [0.05, 0.1) is 12.7 Å². The fourth-order valence-corrected chi connectivity index (χ4v) is 3.82. The van der Waals surface area contributed by atoms with Gasteiger partial charge in [-0.05, 0) is 17.5 Å². The molecule has 1 atom stereocenters. The summed E-state index contributed by atoms with van der Waals surface area (Å²) in [5, 5.41) is 7.99. The van der Waals surface area contributed by atoms with Crippen molar-refractivity contribution in [2.24, 2.45) is 4.99 Å². The van der Waals surface area contributed by atoms with Crippen molar-refractivity contribution in [3.63, 3.8) is 0 Å². The third-order valence-electron chi connectivity index (χ3n) is 5.30. The van der Waals surface area contributed by atoms with E-state index in [4.69, 9.17) is 0 Å². The Morgan fingerprint density at radius 2 is 1.79 bits per heavy atom. The normalized spacial score (nSPS) is 16.5. The zero-order chi connectivity index (χ0) is 19.2. The Balaban J connectivity index is 0.00000240. The molecule has 2 aromatic carbocycles. The minimum Gasteiger partial charge on any atom is -0.352 e. The molecule has 0 spiro atoms. The fourth-order valence-electron chi connectivity index (χ4n) is 3.82. The molecule has 4 rings (SSSR count). The lowest BCUT2D eigenvalue weighted by molar-refractivity contribution is 0.486. The van der Waals surface area contributed by atoms with E-state index >= 15 is 0 Å². The predicted molar refractivity (Wildman–Crippen MR) is 129 cm³/mol. The van der Waals surface area contributed by atoms with Gasteiger partial charge in [0.2, 0.25) is 0 Å². The summed E-state index contributed by atoms with van der Waals surface area (Å²) in [5.41, 5.74) is 3.84. The van der Waals surface area contributed by atoms with Crippen LogP contribution in [0, 0.1) is 0 Å². The van der Waals surface area contributed by atoms with Gasteiger partial charge in [0, 0.05) is 44.4 Å². The van der Waals surface area contributed by atoms with Crippen LogP contribution in [-0.2, 0) is 13.1 Å². The maximum atomic E-state index is 4.49. The van der Waals surface area contributed by atoms with Crippen molar-refractivity contribution in [2.45, 2.75) is 25.4 Å². The number of nitrogens with zero attached hydrogens (tertiary/aromatic N) is 4. The maximum absolute atomic E-state index is 4.49. The largest absolute Gasteiger partial charge is 0.352 e. The first kappa shape index (κ1) is 21.4. The second-order valence-electron chi connectivity index (χ2n) is 7.27. The molecule has 1 aliphatic heterocycles. The highest BCUT2D eigenvalue weighted by molar-refractivity contribution is 14.0. The molecule has 1 fully saturated rings. The van der Waals surface area contributed by atoms with Gasteiger partial charge in [-0.1, -0.05) is 60.7 Å². The van der Waals surface area contributed by atoms with E-state index in [-0.39, 0.29) is 24.0 Å². The molecular formula is C23H28IN5. The van der Waals surface area contributed by atoms with Crippen LogP contribution in [0.1, 0.15) is 29.0 Å². The van der Waals surface area contributed by atoms with Gasteiger partial charge in [0.25, 0.3) is 0 Å². The highest BCUT2D eigenvalue weighted by Crippen LogP contribution is 2.26. The van der Waals surface area contributed by atoms with E-state index in [1.807, 2.05) is 24.0 Å². The summed E-state index contributed by atoms with van der Waals surface area (Å²) in [6.45, 7) is 3.57. The maximum Gasteiger partial charge on any atom is 0.193 e. The number of guanidine groups is 1. The van der Waals surface area contributed by atoms with E-state index in [9.17, 15) is 0 Å².